The Labute approximate surface area is 163 Å². The van der Waals surface area contributed by atoms with Crippen LogP contribution in [0.3, 0.4) is 0 Å². The van der Waals surface area contributed by atoms with Gasteiger partial charge in [0.25, 0.3) is 0 Å². The van der Waals surface area contributed by atoms with Crippen molar-refractivity contribution < 1.29 is 9.53 Å². The number of rotatable bonds is 5. The van der Waals surface area contributed by atoms with E-state index in [1.165, 1.54) is 0 Å². The summed E-state index contributed by atoms with van der Waals surface area (Å²) >= 11 is 0. The third kappa shape index (κ3) is 3.47. The number of hydrogen-bond acceptors (Lipinski definition) is 3. The molecule has 0 saturated heterocycles. The molecular formula is C23H21N3O2. The van der Waals surface area contributed by atoms with Crippen molar-refractivity contribution in [2.75, 3.05) is 12.4 Å². The SMILES string of the molecule is COc1cccc(NC(=O)Cn2c(-c3ccccc3C)nc3ccccc32)c1. The van der Waals surface area contributed by atoms with Crippen molar-refractivity contribution in [1.82, 2.24) is 9.55 Å². The highest BCUT2D eigenvalue weighted by Crippen LogP contribution is 2.27. The number of benzene rings is 3. The van der Waals surface area contributed by atoms with Crippen molar-refractivity contribution in [2.24, 2.45) is 0 Å². The van der Waals surface area contributed by atoms with Crippen LogP contribution in [0, 0.1) is 6.92 Å². The van der Waals surface area contributed by atoms with Gasteiger partial charge in [0.15, 0.2) is 0 Å². The summed E-state index contributed by atoms with van der Waals surface area (Å²) in [6, 6.07) is 23.3. The van der Waals surface area contributed by atoms with Crippen molar-refractivity contribution in [2.45, 2.75) is 13.5 Å². The van der Waals surface area contributed by atoms with Crippen molar-refractivity contribution in [3.63, 3.8) is 0 Å². The number of para-hydroxylation sites is 2. The molecule has 1 amide bonds. The number of aryl methyl sites for hydroxylation is 1. The molecule has 1 N–H and O–H groups in total. The summed E-state index contributed by atoms with van der Waals surface area (Å²) in [6.07, 6.45) is 0. The second kappa shape index (κ2) is 7.56. The fourth-order valence-corrected chi connectivity index (χ4v) is 3.31. The summed E-state index contributed by atoms with van der Waals surface area (Å²) in [5.74, 6) is 1.37. The van der Waals surface area contributed by atoms with Crippen molar-refractivity contribution in [1.29, 1.82) is 0 Å². The lowest BCUT2D eigenvalue weighted by atomic mass is 10.1. The van der Waals surface area contributed by atoms with Crippen LogP contribution in [0.15, 0.2) is 72.8 Å². The lowest BCUT2D eigenvalue weighted by molar-refractivity contribution is -0.116. The Bertz CT molecular complexity index is 1150. The topological polar surface area (TPSA) is 56.1 Å². The highest BCUT2D eigenvalue weighted by atomic mass is 16.5. The molecule has 0 aliphatic carbocycles. The van der Waals surface area contributed by atoms with Crippen LogP contribution >= 0.6 is 0 Å². The second-order valence-electron chi connectivity index (χ2n) is 6.61. The number of aromatic nitrogens is 2. The van der Waals surface area contributed by atoms with E-state index in [1.807, 2.05) is 65.2 Å². The van der Waals surface area contributed by atoms with Gasteiger partial charge >= 0.3 is 0 Å². The molecule has 3 aromatic carbocycles. The summed E-state index contributed by atoms with van der Waals surface area (Å²) in [6.45, 7) is 2.22. The van der Waals surface area contributed by atoms with Crippen LogP contribution in [0.1, 0.15) is 5.56 Å². The fourth-order valence-electron chi connectivity index (χ4n) is 3.31. The zero-order chi connectivity index (χ0) is 19.5. The maximum absolute atomic E-state index is 12.8. The van der Waals surface area contributed by atoms with Gasteiger partial charge < -0.3 is 14.6 Å². The molecule has 0 aliphatic rings. The predicted molar refractivity (Wildman–Crippen MR) is 112 cm³/mol. The van der Waals surface area contributed by atoms with E-state index in [4.69, 9.17) is 9.72 Å². The summed E-state index contributed by atoms with van der Waals surface area (Å²) < 4.78 is 7.19. The largest absolute Gasteiger partial charge is 0.497 e. The van der Waals surface area contributed by atoms with Crippen molar-refractivity contribution in [3.05, 3.63) is 78.4 Å². The monoisotopic (exact) mass is 371 g/mol. The molecule has 0 spiro atoms. The Morgan fingerprint density at radius 2 is 1.82 bits per heavy atom. The van der Waals surface area contributed by atoms with E-state index in [9.17, 15) is 4.79 Å². The van der Waals surface area contributed by atoms with Crippen LogP contribution in [0.5, 0.6) is 5.75 Å². The lowest BCUT2D eigenvalue weighted by Crippen LogP contribution is -2.19. The minimum absolute atomic E-state index is 0.119. The van der Waals surface area contributed by atoms with Crippen LogP contribution in [-0.4, -0.2) is 22.6 Å². The lowest BCUT2D eigenvalue weighted by Gasteiger charge is -2.12. The summed E-state index contributed by atoms with van der Waals surface area (Å²) in [5, 5.41) is 2.95. The molecule has 4 rings (SSSR count). The van der Waals surface area contributed by atoms with Gasteiger partial charge in [0.2, 0.25) is 5.91 Å². The highest BCUT2D eigenvalue weighted by molar-refractivity contribution is 5.93. The van der Waals surface area contributed by atoms with Gasteiger partial charge in [0.1, 0.15) is 18.1 Å². The van der Waals surface area contributed by atoms with Crippen LogP contribution in [0.4, 0.5) is 5.69 Å². The summed E-state index contributed by atoms with van der Waals surface area (Å²) in [5.41, 5.74) is 4.64. The van der Waals surface area contributed by atoms with Crippen LogP contribution in [0.25, 0.3) is 22.4 Å². The molecule has 0 bridgehead atoms. The van der Waals surface area contributed by atoms with E-state index in [0.717, 1.165) is 28.0 Å². The van der Waals surface area contributed by atoms with Crippen molar-refractivity contribution >= 4 is 22.6 Å². The number of fused-ring (bicyclic) bond motifs is 1. The van der Waals surface area contributed by atoms with Gasteiger partial charge in [0.05, 0.1) is 18.1 Å². The molecular weight excluding hydrogens is 350 g/mol. The van der Waals surface area contributed by atoms with Crippen molar-refractivity contribution in [3.8, 4) is 17.1 Å². The highest BCUT2D eigenvalue weighted by Gasteiger charge is 2.16. The second-order valence-corrected chi connectivity index (χ2v) is 6.61. The molecule has 0 unspecified atom stereocenters. The molecule has 1 aromatic heterocycles. The van der Waals surface area contributed by atoms with E-state index in [1.54, 1.807) is 13.2 Å². The molecule has 0 fully saturated rings. The fraction of sp³-hybridized carbons (Fsp3) is 0.130. The third-order valence-corrected chi connectivity index (χ3v) is 4.70. The van der Waals surface area contributed by atoms with Crippen LogP contribution < -0.4 is 10.1 Å². The Hall–Kier alpha value is -3.60. The van der Waals surface area contributed by atoms with Gasteiger partial charge in [-0.15, -0.1) is 0 Å². The molecule has 0 radical (unpaired) electrons. The maximum atomic E-state index is 12.8. The molecule has 4 aromatic rings. The number of carbonyl (C=O) groups is 1. The molecule has 0 atom stereocenters. The third-order valence-electron chi connectivity index (χ3n) is 4.70. The summed E-state index contributed by atoms with van der Waals surface area (Å²) in [7, 11) is 1.60. The number of nitrogens with zero attached hydrogens (tertiary/aromatic N) is 2. The molecule has 0 aliphatic heterocycles. The quantitative estimate of drug-likeness (QED) is 0.555. The smallest absolute Gasteiger partial charge is 0.244 e. The normalized spacial score (nSPS) is 10.8. The van der Waals surface area contributed by atoms with Gasteiger partial charge in [-0.2, -0.15) is 0 Å². The van der Waals surface area contributed by atoms with Crippen LogP contribution in [-0.2, 0) is 11.3 Å². The average Bonchev–Trinajstić information content (AvgIpc) is 3.06. The standard InChI is InChI=1S/C23H21N3O2/c1-16-8-3-4-11-19(16)23-25-20-12-5-6-13-21(20)26(23)15-22(27)24-17-9-7-10-18(14-17)28-2/h3-14H,15H2,1-2H3,(H,24,27). The molecule has 28 heavy (non-hydrogen) atoms. The predicted octanol–water partition coefficient (Wildman–Crippen LogP) is 4.66. The molecule has 0 saturated carbocycles. The molecule has 1 heterocycles. The number of methoxy groups -OCH3 is 1. The zero-order valence-corrected chi connectivity index (χ0v) is 15.8. The first-order valence-corrected chi connectivity index (χ1v) is 9.11. The summed E-state index contributed by atoms with van der Waals surface area (Å²) in [4.78, 5) is 17.6. The van der Waals surface area contributed by atoms with Gasteiger partial charge in [-0.3, -0.25) is 4.79 Å². The van der Waals surface area contributed by atoms with Gasteiger partial charge in [-0.1, -0.05) is 42.5 Å². The number of nitrogens with one attached hydrogen (secondary N) is 1. The first kappa shape index (κ1) is 17.8. The maximum Gasteiger partial charge on any atom is 0.244 e. The van der Waals surface area contributed by atoms with E-state index >= 15 is 0 Å². The first-order valence-electron chi connectivity index (χ1n) is 9.11. The minimum Gasteiger partial charge on any atom is -0.497 e. The number of amides is 1. The van der Waals surface area contributed by atoms with Gasteiger partial charge in [0, 0.05) is 17.3 Å². The van der Waals surface area contributed by atoms with Crippen LogP contribution in [0.2, 0.25) is 0 Å². The van der Waals surface area contributed by atoms with E-state index < -0.39 is 0 Å². The van der Waals surface area contributed by atoms with Gasteiger partial charge in [-0.05, 0) is 36.8 Å². The average molecular weight is 371 g/mol. The number of carbonyl (C=O) groups excluding carboxylic acids is 1. The number of imidazole rings is 1. The first-order chi connectivity index (χ1) is 13.7. The molecule has 5 heteroatoms. The molecule has 140 valence electrons. The Morgan fingerprint density at radius 3 is 2.64 bits per heavy atom. The van der Waals surface area contributed by atoms with E-state index in [2.05, 4.69) is 18.3 Å². The minimum atomic E-state index is -0.119. The number of anilines is 1. The van der Waals surface area contributed by atoms with E-state index in [-0.39, 0.29) is 12.5 Å². The zero-order valence-electron chi connectivity index (χ0n) is 15.8. The van der Waals surface area contributed by atoms with E-state index in [0.29, 0.717) is 11.4 Å². The number of ether oxygens (including phenoxy) is 1. The Balaban J connectivity index is 1.70. The Morgan fingerprint density at radius 1 is 1.04 bits per heavy atom. The number of hydrogen-bond donors (Lipinski definition) is 1. The van der Waals surface area contributed by atoms with Gasteiger partial charge in [-0.25, -0.2) is 4.98 Å². The molecule has 5 nitrogen and oxygen atoms in total. The Kier molecular flexibility index (Phi) is 4.81.